The highest BCUT2D eigenvalue weighted by Gasteiger charge is 2.34. The van der Waals surface area contributed by atoms with Gasteiger partial charge in [0.25, 0.3) is 0 Å². The Hall–Kier alpha value is -1.42. The van der Waals surface area contributed by atoms with E-state index in [0.29, 0.717) is 6.54 Å². The maximum atomic E-state index is 13.9. The van der Waals surface area contributed by atoms with Crippen LogP contribution in [-0.2, 0) is 10.0 Å². The van der Waals surface area contributed by atoms with Gasteiger partial charge >= 0.3 is 0 Å². The van der Waals surface area contributed by atoms with Crippen molar-refractivity contribution in [3.05, 3.63) is 29.6 Å². The lowest BCUT2D eigenvalue weighted by atomic mass is 10.2. The summed E-state index contributed by atoms with van der Waals surface area (Å²) in [6, 6.07) is 3.70. The molecule has 114 valence electrons. The zero-order chi connectivity index (χ0) is 15.5. The van der Waals surface area contributed by atoms with Gasteiger partial charge in [0.1, 0.15) is 12.4 Å². The molecule has 0 spiro atoms. The fraction of sp³-hybridized carbons (Fsp3) is 0.467. The number of sulfonamides is 1. The summed E-state index contributed by atoms with van der Waals surface area (Å²) in [6.45, 7) is 2.06. The smallest absolute Gasteiger partial charge is 0.243 e. The Bertz CT molecular complexity index is 676. The molecule has 1 heterocycles. The summed E-state index contributed by atoms with van der Waals surface area (Å²) in [6.07, 6.45) is 2.43. The normalized spacial score (nSPS) is 19.3. The molecule has 21 heavy (non-hydrogen) atoms. The van der Waals surface area contributed by atoms with Crippen LogP contribution in [0.25, 0.3) is 0 Å². The van der Waals surface area contributed by atoms with Gasteiger partial charge in [-0.2, -0.15) is 4.31 Å². The second kappa shape index (κ2) is 6.56. The molecular formula is C15H18FNO3S. The first kappa shape index (κ1) is 16.0. The maximum absolute atomic E-state index is 13.9. The van der Waals surface area contributed by atoms with Crippen LogP contribution < -0.4 is 0 Å². The Balaban J connectivity index is 2.35. The average Bonchev–Trinajstić information content (AvgIpc) is 2.95. The number of hydrogen-bond acceptors (Lipinski definition) is 3. The summed E-state index contributed by atoms with van der Waals surface area (Å²) >= 11 is 0. The van der Waals surface area contributed by atoms with Gasteiger partial charge in [0.15, 0.2) is 0 Å². The van der Waals surface area contributed by atoms with E-state index in [1.54, 1.807) is 0 Å². The van der Waals surface area contributed by atoms with E-state index in [1.807, 2.05) is 6.92 Å². The number of hydrogen-bond donors (Lipinski definition) is 1. The van der Waals surface area contributed by atoms with Gasteiger partial charge < -0.3 is 5.11 Å². The van der Waals surface area contributed by atoms with Crippen LogP contribution in [0.4, 0.5) is 4.39 Å². The van der Waals surface area contributed by atoms with Gasteiger partial charge in [0, 0.05) is 12.6 Å². The van der Waals surface area contributed by atoms with E-state index < -0.39 is 15.8 Å². The molecule has 1 aliphatic rings. The second-order valence-corrected chi connectivity index (χ2v) is 6.81. The van der Waals surface area contributed by atoms with Crippen molar-refractivity contribution in [1.29, 1.82) is 0 Å². The van der Waals surface area contributed by atoms with E-state index >= 15 is 0 Å². The SMILES string of the molecule is CCC1CCCN1S(=O)(=O)c1ccc(C#CCO)c(F)c1. The van der Waals surface area contributed by atoms with Gasteiger partial charge in [0.05, 0.1) is 10.5 Å². The van der Waals surface area contributed by atoms with E-state index in [4.69, 9.17) is 5.11 Å². The first-order valence-electron chi connectivity index (χ1n) is 6.91. The third-order valence-corrected chi connectivity index (χ3v) is 5.59. The Kier molecular flexibility index (Phi) is 4.99. The molecule has 0 aromatic heterocycles. The predicted octanol–water partition coefficient (Wildman–Crippen LogP) is 1.73. The third-order valence-electron chi connectivity index (χ3n) is 3.64. The zero-order valence-electron chi connectivity index (χ0n) is 11.8. The molecule has 1 atom stereocenters. The molecule has 0 saturated carbocycles. The molecule has 4 nitrogen and oxygen atoms in total. The van der Waals surface area contributed by atoms with E-state index in [1.165, 1.54) is 16.4 Å². The minimum absolute atomic E-state index is 0.00748. The van der Waals surface area contributed by atoms with E-state index in [2.05, 4.69) is 11.8 Å². The Morgan fingerprint density at radius 3 is 2.86 bits per heavy atom. The van der Waals surface area contributed by atoms with Crippen LogP contribution in [0, 0.1) is 17.7 Å². The highest BCUT2D eigenvalue weighted by atomic mass is 32.2. The largest absolute Gasteiger partial charge is 0.384 e. The fourth-order valence-corrected chi connectivity index (χ4v) is 4.34. The topological polar surface area (TPSA) is 57.6 Å². The molecule has 1 unspecified atom stereocenters. The van der Waals surface area contributed by atoms with Crippen LogP contribution in [0.2, 0.25) is 0 Å². The second-order valence-electron chi connectivity index (χ2n) is 4.92. The summed E-state index contributed by atoms with van der Waals surface area (Å²) in [5, 5.41) is 8.60. The molecule has 1 aromatic rings. The zero-order valence-corrected chi connectivity index (χ0v) is 12.7. The Morgan fingerprint density at radius 2 is 2.24 bits per heavy atom. The minimum atomic E-state index is -3.66. The van der Waals surface area contributed by atoms with Gasteiger partial charge in [-0.25, -0.2) is 12.8 Å². The number of benzene rings is 1. The van der Waals surface area contributed by atoms with Crippen molar-refractivity contribution < 1.29 is 17.9 Å². The predicted molar refractivity (Wildman–Crippen MR) is 77.6 cm³/mol. The maximum Gasteiger partial charge on any atom is 0.243 e. The van der Waals surface area contributed by atoms with Crippen LogP contribution in [0.3, 0.4) is 0 Å². The van der Waals surface area contributed by atoms with Crippen molar-refractivity contribution in [3.8, 4) is 11.8 Å². The monoisotopic (exact) mass is 311 g/mol. The fourth-order valence-electron chi connectivity index (χ4n) is 2.56. The molecule has 0 amide bonds. The highest BCUT2D eigenvalue weighted by Crippen LogP contribution is 2.28. The summed E-state index contributed by atoms with van der Waals surface area (Å²) in [5.41, 5.74) is 0.0801. The van der Waals surface area contributed by atoms with Crippen molar-refractivity contribution in [2.75, 3.05) is 13.2 Å². The van der Waals surface area contributed by atoms with Crippen molar-refractivity contribution in [1.82, 2.24) is 4.31 Å². The van der Waals surface area contributed by atoms with E-state index in [0.717, 1.165) is 25.3 Å². The lowest BCUT2D eigenvalue weighted by Crippen LogP contribution is -2.35. The molecule has 1 saturated heterocycles. The molecular weight excluding hydrogens is 293 g/mol. The lowest BCUT2D eigenvalue weighted by molar-refractivity contribution is 0.350. The number of rotatable bonds is 3. The van der Waals surface area contributed by atoms with Crippen molar-refractivity contribution in [2.24, 2.45) is 0 Å². The van der Waals surface area contributed by atoms with Crippen LogP contribution in [0.1, 0.15) is 31.7 Å². The highest BCUT2D eigenvalue weighted by molar-refractivity contribution is 7.89. The number of aliphatic hydroxyl groups excluding tert-OH is 1. The van der Waals surface area contributed by atoms with Crippen molar-refractivity contribution in [2.45, 2.75) is 37.1 Å². The van der Waals surface area contributed by atoms with E-state index in [9.17, 15) is 12.8 Å². The Labute approximate surface area is 124 Å². The van der Waals surface area contributed by atoms with Gasteiger partial charge in [-0.1, -0.05) is 18.8 Å². The molecule has 1 aromatic carbocycles. The van der Waals surface area contributed by atoms with E-state index in [-0.39, 0.29) is 23.1 Å². The van der Waals surface area contributed by atoms with Gasteiger partial charge in [-0.3, -0.25) is 0 Å². The summed E-state index contributed by atoms with van der Waals surface area (Å²) in [4.78, 5) is -0.0464. The minimum Gasteiger partial charge on any atom is -0.384 e. The Morgan fingerprint density at radius 1 is 1.48 bits per heavy atom. The van der Waals surface area contributed by atoms with Crippen LogP contribution in [-0.4, -0.2) is 37.0 Å². The van der Waals surface area contributed by atoms with Crippen LogP contribution in [0.15, 0.2) is 23.1 Å². The molecule has 6 heteroatoms. The number of aliphatic hydroxyl groups is 1. The van der Waals surface area contributed by atoms with Crippen LogP contribution >= 0.6 is 0 Å². The summed E-state index contributed by atoms with van der Waals surface area (Å²) in [7, 11) is -3.66. The van der Waals surface area contributed by atoms with Gasteiger partial charge in [-0.15, -0.1) is 0 Å². The molecule has 1 N–H and O–H groups in total. The molecule has 0 bridgehead atoms. The standard InChI is InChI=1S/C15H18FNO3S/c1-2-13-6-3-9-17(13)21(19,20)14-8-7-12(5-4-10-18)15(16)11-14/h7-8,11,13,18H,2-3,6,9-10H2,1H3. The van der Waals surface area contributed by atoms with Crippen molar-refractivity contribution >= 4 is 10.0 Å². The lowest BCUT2D eigenvalue weighted by Gasteiger charge is -2.23. The quantitative estimate of drug-likeness (QED) is 0.865. The average molecular weight is 311 g/mol. The first-order chi connectivity index (χ1) is 10.0. The van der Waals surface area contributed by atoms with Gasteiger partial charge in [0.2, 0.25) is 10.0 Å². The summed E-state index contributed by atoms with van der Waals surface area (Å²) in [5.74, 6) is 4.10. The molecule has 2 rings (SSSR count). The van der Waals surface area contributed by atoms with Crippen molar-refractivity contribution in [3.63, 3.8) is 0 Å². The third kappa shape index (κ3) is 3.26. The number of halogens is 1. The molecule has 0 radical (unpaired) electrons. The van der Waals surface area contributed by atoms with Gasteiger partial charge in [-0.05, 0) is 37.5 Å². The number of nitrogens with zero attached hydrogens (tertiary/aromatic N) is 1. The molecule has 0 aliphatic carbocycles. The van der Waals surface area contributed by atoms with Crippen LogP contribution in [0.5, 0.6) is 0 Å². The molecule has 1 aliphatic heterocycles. The summed E-state index contributed by atoms with van der Waals surface area (Å²) < 4.78 is 40.5. The first-order valence-corrected chi connectivity index (χ1v) is 8.35. The molecule has 1 fully saturated rings.